The number of hydrogen-bond acceptors (Lipinski definition) is 6. The van der Waals surface area contributed by atoms with Crippen LogP contribution in [0.1, 0.15) is 40.2 Å². The van der Waals surface area contributed by atoms with Gasteiger partial charge in [-0.1, -0.05) is 0 Å². The second-order valence-electron chi connectivity index (χ2n) is 5.88. The molecule has 3 rings (SSSR count). The third-order valence-corrected chi connectivity index (χ3v) is 4.38. The molecule has 0 aliphatic heterocycles. The minimum absolute atomic E-state index is 0.333. The van der Waals surface area contributed by atoms with Crippen molar-refractivity contribution in [2.75, 3.05) is 21.3 Å². The molecule has 1 heterocycles. The van der Waals surface area contributed by atoms with Gasteiger partial charge in [0.15, 0.2) is 17.2 Å². The van der Waals surface area contributed by atoms with Gasteiger partial charge >= 0.3 is 0 Å². The lowest BCUT2D eigenvalue weighted by molar-refractivity contribution is 0.0949. The van der Waals surface area contributed by atoms with Crippen LogP contribution in [0.3, 0.4) is 0 Å². The van der Waals surface area contributed by atoms with E-state index in [1.54, 1.807) is 33.5 Å². The molecule has 0 fully saturated rings. The summed E-state index contributed by atoms with van der Waals surface area (Å²) in [5.41, 5.74) is 5.62. The van der Waals surface area contributed by atoms with E-state index >= 15 is 0 Å². The smallest absolute Gasteiger partial charge is 0.292 e. The Labute approximate surface area is 151 Å². The Balaban J connectivity index is 1.76. The summed E-state index contributed by atoms with van der Waals surface area (Å²) < 4.78 is 15.9. The van der Waals surface area contributed by atoms with Crippen LogP contribution in [-0.4, -0.2) is 43.6 Å². The lowest BCUT2D eigenvalue weighted by Crippen LogP contribution is -2.20. The van der Waals surface area contributed by atoms with Gasteiger partial charge in [0, 0.05) is 22.9 Å². The van der Waals surface area contributed by atoms with E-state index in [0.29, 0.717) is 28.5 Å². The molecule has 1 aliphatic rings. The van der Waals surface area contributed by atoms with Gasteiger partial charge in [-0.15, -0.1) is 0 Å². The standard InChI is InChI=1S/C18H22N4O4/c1-24-14-9-16(26-3)15(25-2)8-11(14)10-19-22-18(23)17-12-6-4-5-7-13(12)20-21-17/h8-10H,4-7H2,1-3H3,(H,20,21)(H,22,23). The predicted octanol–water partition coefficient (Wildman–Crippen LogP) is 2.08. The van der Waals surface area contributed by atoms with E-state index in [-0.39, 0.29) is 5.91 Å². The number of methoxy groups -OCH3 is 3. The van der Waals surface area contributed by atoms with Gasteiger partial charge in [-0.2, -0.15) is 10.2 Å². The number of aryl methyl sites for hydroxylation is 1. The summed E-state index contributed by atoms with van der Waals surface area (Å²) in [6, 6.07) is 3.43. The third-order valence-electron chi connectivity index (χ3n) is 4.38. The zero-order valence-electron chi connectivity index (χ0n) is 15.1. The van der Waals surface area contributed by atoms with Gasteiger partial charge in [-0.05, 0) is 31.7 Å². The number of hydrogen-bond donors (Lipinski definition) is 2. The molecule has 8 heteroatoms. The fourth-order valence-electron chi connectivity index (χ4n) is 3.04. The molecule has 0 bridgehead atoms. The first-order valence-corrected chi connectivity index (χ1v) is 8.37. The number of benzene rings is 1. The van der Waals surface area contributed by atoms with E-state index < -0.39 is 0 Å². The first kappa shape index (κ1) is 17.8. The van der Waals surface area contributed by atoms with Gasteiger partial charge in [0.2, 0.25) is 0 Å². The largest absolute Gasteiger partial charge is 0.496 e. The van der Waals surface area contributed by atoms with Crippen molar-refractivity contribution in [2.24, 2.45) is 5.10 Å². The van der Waals surface area contributed by atoms with Crippen LogP contribution >= 0.6 is 0 Å². The average molecular weight is 358 g/mol. The van der Waals surface area contributed by atoms with Crippen LogP contribution in [0.15, 0.2) is 17.2 Å². The van der Waals surface area contributed by atoms with Crippen LogP contribution in [0.4, 0.5) is 0 Å². The average Bonchev–Trinajstić information content (AvgIpc) is 3.11. The maximum Gasteiger partial charge on any atom is 0.292 e. The Morgan fingerprint density at radius 2 is 1.81 bits per heavy atom. The number of nitrogens with one attached hydrogen (secondary N) is 2. The van der Waals surface area contributed by atoms with Gasteiger partial charge < -0.3 is 14.2 Å². The predicted molar refractivity (Wildman–Crippen MR) is 96.4 cm³/mol. The first-order chi connectivity index (χ1) is 12.7. The van der Waals surface area contributed by atoms with Crippen LogP contribution in [0.25, 0.3) is 0 Å². The zero-order valence-corrected chi connectivity index (χ0v) is 15.1. The van der Waals surface area contributed by atoms with E-state index in [2.05, 4.69) is 20.7 Å². The van der Waals surface area contributed by atoms with Crippen molar-refractivity contribution in [1.82, 2.24) is 15.6 Å². The molecule has 1 aromatic carbocycles. The summed E-state index contributed by atoms with van der Waals surface area (Å²) in [7, 11) is 4.65. The normalized spacial score (nSPS) is 13.3. The van der Waals surface area contributed by atoms with Crippen LogP contribution < -0.4 is 19.6 Å². The first-order valence-electron chi connectivity index (χ1n) is 8.37. The summed E-state index contributed by atoms with van der Waals surface area (Å²) in [5, 5.41) is 11.1. The second kappa shape index (κ2) is 7.90. The van der Waals surface area contributed by atoms with E-state index in [1.807, 2.05) is 0 Å². The van der Waals surface area contributed by atoms with Gasteiger partial charge in [-0.3, -0.25) is 9.89 Å². The van der Waals surface area contributed by atoms with Crippen LogP contribution in [0, 0.1) is 0 Å². The van der Waals surface area contributed by atoms with Crippen molar-refractivity contribution >= 4 is 12.1 Å². The van der Waals surface area contributed by atoms with Crippen LogP contribution in [0.5, 0.6) is 17.2 Å². The van der Waals surface area contributed by atoms with Crippen LogP contribution in [-0.2, 0) is 12.8 Å². The molecule has 0 saturated heterocycles. The van der Waals surface area contributed by atoms with Crippen molar-refractivity contribution in [3.63, 3.8) is 0 Å². The Bertz CT molecular complexity index is 829. The second-order valence-corrected chi connectivity index (χ2v) is 5.88. The summed E-state index contributed by atoms with van der Waals surface area (Å²) in [4.78, 5) is 12.4. The van der Waals surface area contributed by atoms with Crippen molar-refractivity contribution in [3.8, 4) is 17.2 Å². The molecule has 0 unspecified atom stereocenters. The topological polar surface area (TPSA) is 97.8 Å². The number of carbonyl (C=O) groups is 1. The number of aromatic nitrogens is 2. The molecule has 138 valence electrons. The van der Waals surface area contributed by atoms with Crippen molar-refractivity contribution < 1.29 is 19.0 Å². The number of nitrogens with zero attached hydrogens (tertiary/aromatic N) is 2. The third kappa shape index (κ3) is 3.49. The van der Waals surface area contributed by atoms with Crippen molar-refractivity contribution in [1.29, 1.82) is 0 Å². The number of amides is 1. The molecule has 1 amide bonds. The highest BCUT2D eigenvalue weighted by molar-refractivity contribution is 5.95. The van der Waals surface area contributed by atoms with E-state index in [0.717, 1.165) is 36.9 Å². The van der Waals surface area contributed by atoms with Crippen LogP contribution in [0.2, 0.25) is 0 Å². The number of aromatic amines is 1. The minimum Gasteiger partial charge on any atom is -0.496 e. The molecule has 8 nitrogen and oxygen atoms in total. The van der Waals surface area contributed by atoms with Gasteiger partial charge in [-0.25, -0.2) is 5.43 Å². The van der Waals surface area contributed by atoms with Gasteiger partial charge in [0.1, 0.15) is 5.75 Å². The lowest BCUT2D eigenvalue weighted by Gasteiger charge is -2.12. The number of ether oxygens (including phenoxy) is 3. The molecule has 0 spiro atoms. The maximum absolute atomic E-state index is 12.4. The highest BCUT2D eigenvalue weighted by atomic mass is 16.5. The SMILES string of the molecule is COc1cc(OC)c(OC)cc1C=NNC(=O)c1n[nH]c2c1CCCC2. The molecule has 0 atom stereocenters. The quantitative estimate of drug-likeness (QED) is 0.609. The number of hydrazone groups is 1. The Kier molecular flexibility index (Phi) is 5.40. The monoisotopic (exact) mass is 358 g/mol. The fraction of sp³-hybridized carbons (Fsp3) is 0.389. The van der Waals surface area contributed by atoms with Gasteiger partial charge in [0.05, 0.1) is 27.5 Å². The molecular formula is C18H22N4O4. The highest BCUT2D eigenvalue weighted by Crippen LogP contribution is 2.33. The van der Waals surface area contributed by atoms with E-state index in [9.17, 15) is 4.79 Å². The molecule has 2 N–H and O–H groups in total. The number of rotatable bonds is 6. The lowest BCUT2D eigenvalue weighted by atomic mass is 9.96. The molecule has 2 aromatic rings. The Morgan fingerprint density at radius 1 is 1.12 bits per heavy atom. The molecule has 26 heavy (non-hydrogen) atoms. The molecule has 0 radical (unpaired) electrons. The number of H-pyrrole nitrogens is 1. The summed E-state index contributed by atoms with van der Waals surface area (Å²) in [6.07, 6.45) is 5.48. The minimum atomic E-state index is -0.333. The molecule has 1 aromatic heterocycles. The summed E-state index contributed by atoms with van der Waals surface area (Å²) in [6.45, 7) is 0. The number of fused-ring (bicyclic) bond motifs is 1. The Hall–Kier alpha value is -3.03. The summed E-state index contributed by atoms with van der Waals surface area (Å²) >= 11 is 0. The van der Waals surface area contributed by atoms with E-state index in [1.165, 1.54) is 6.21 Å². The van der Waals surface area contributed by atoms with Gasteiger partial charge in [0.25, 0.3) is 5.91 Å². The Morgan fingerprint density at radius 3 is 2.54 bits per heavy atom. The molecule has 1 aliphatic carbocycles. The number of carbonyl (C=O) groups excluding carboxylic acids is 1. The van der Waals surface area contributed by atoms with Crippen molar-refractivity contribution in [2.45, 2.75) is 25.7 Å². The zero-order chi connectivity index (χ0) is 18.5. The van der Waals surface area contributed by atoms with E-state index in [4.69, 9.17) is 14.2 Å². The van der Waals surface area contributed by atoms with Crippen molar-refractivity contribution in [3.05, 3.63) is 34.6 Å². The maximum atomic E-state index is 12.4. The fourth-order valence-corrected chi connectivity index (χ4v) is 3.04. The summed E-state index contributed by atoms with van der Waals surface area (Å²) in [5.74, 6) is 1.31. The molecule has 0 saturated carbocycles. The highest BCUT2D eigenvalue weighted by Gasteiger charge is 2.21. The molecular weight excluding hydrogens is 336 g/mol.